The molecule has 2 rings (SSSR count). The van der Waals surface area contributed by atoms with Gasteiger partial charge in [-0.25, -0.2) is 9.59 Å². The fraction of sp³-hybridized carbons (Fsp3) is 0.556. The van der Waals surface area contributed by atoms with Gasteiger partial charge in [0.15, 0.2) is 0 Å². The zero-order valence-corrected chi connectivity index (χ0v) is 15.3. The van der Waals surface area contributed by atoms with Crippen molar-refractivity contribution in [2.24, 2.45) is 0 Å². The molecule has 0 atom stereocenters. The molecule has 1 saturated heterocycles. The van der Waals surface area contributed by atoms with Crippen LogP contribution in [0.5, 0.6) is 5.75 Å². The predicted molar refractivity (Wildman–Crippen MR) is 96.5 cm³/mol. The van der Waals surface area contributed by atoms with E-state index in [2.05, 4.69) is 4.90 Å². The first-order valence-corrected chi connectivity index (χ1v) is 8.85. The lowest BCUT2D eigenvalue weighted by Crippen LogP contribution is -2.30. The number of nitrogens with zero attached hydrogens (tertiary/aromatic N) is 1. The first-order valence-electron chi connectivity index (χ1n) is 8.47. The zero-order valence-electron chi connectivity index (χ0n) is 14.5. The number of carboxylic acids is 2. The van der Waals surface area contributed by atoms with Crippen molar-refractivity contribution in [2.45, 2.75) is 39.0 Å². The number of rotatable bonds is 6. The Kier molecular flexibility index (Phi) is 9.96. The molecular formula is C18H26ClNO5. The molecule has 1 aliphatic heterocycles. The molecule has 0 unspecified atom stereocenters. The summed E-state index contributed by atoms with van der Waals surface area (Å²) in [5, 5.41) is 15.6. The van der Waals surface area contributed by atoms with Crippen molar-refractivity contribution in [1.29, 1.82) is 0 Å². The zero-order chi connectivity index (χ0) is 18.7. The number of piperidine rings is 1. The van der Waals surface area contributed by atoms with Crippen molar-refractivity contribution < 1.29 is 24.5 Å². The molecule has 1 aromatic rings. The Bertz CT molecular complexity index is 546. The number of carboxylic acid groups (broad SMARTS) is 2. The number of likely N-dealkylation sites (tertiary alicyclic amines) is 1. The van der Waals surface area contributed by atoms with Gasteiger partial charge < -0.3 is 19.8 Å². The third kappa shape index (κ3) is 9.31. The summed E-state index contributed by atoms with van der Waals surface area (Å²) in [7, 11) is 0. The first kappa shape index (κ1) is 21.3. The summed E-state index contributed by atoms with van der Waals surface area (Å²) < 4.78 is 5.75. The van der Waals surface area contributed by atoms with Gasteiger partial charge in [-0.15, -0.1) is 0 Å². The maximum absolute atomic E-state index is 9.10. The maximum atomic E-state index is 9.10. The average Bonchev–Trinajstić information content (AvgIpc) is 2.59. The molecule has 0 aliphatic carbocycles. The van der Waals surface area contributed by atoms with Gasteiger partial charge in [0.25, 0.3) is 0 Å². The standard InChI is InChI=1S/C16H24ClNO.C2H2O4/c1-14-13-15(7-8-16(14)17)19-12-6-5-11-18-9-3-2-4-10-18;3-1(4)2(5)6/h7-8,13H,2-6,9-12H2,1H3;(H,3,4)(H,5,6). The molecule has 2 N–H and O–H groups in total. The van der Waals surface area contributed by atoms with Gasteiger partial charge in [-0.2, -0.15) is 0 Å². The molecule has 1 aliphatic rings. The van der Waals surface area contributed by atoms with Gasteiger partial charge in [-0.3, -0.25) is 0 Å². The highest BCUT2D eigenvalue weighted by molar-refractivity contribution is 6.31. The second kappa shape index (κ2) is 11.7. The summed E-state index contributed by atoms with van der Waals surface area (Å²) in [6, 6.07) is 5.85. The Labute approximate surface area is 153 Å². The van der Waals surface area contributed by atoms with Crippen molar-refractivity contribution in [3.8, 4) is 5.75 Å². The van der Waals surface area contributed by atoms with E-state index in [0.29, 0.717) is 0 Å². The minimum atomic E-state index is -1.82. The largest absolute Gasteiger partial charge is 0.494 e. The minimum absolute atomic E-state index is 0.801. The number of halogens is 1. The Balaban J connectivity index is 0.000000450. The van der Waals surface area contributed by atoms with Crippen LogP contribution in [0.2, 0.25) is 5.02 Å². The van der Waals surface area contributed by atoms with E-state index in [4.69, 9.17) is 36.1 Å². The second-order valence-electron chi connectivity index (χ2n) is 5.98. The van der Waals surface area contributed by atoms with Gasteiger partial charge in [0.05, 0.1) is 6.61 Å². The number of benzene rings is 1. The van der Waals surface area contributed by atoms with Gasteiger partial charge in [0.1, 0.15) is 5.75 Å². The third-order valence-electron chi connectivity index (χ3n) is 3.90. The van der Waals surface area contributed by atoms with Crippen LogP contribution in [0.1, 0.15) is 37.7 Å². The predicted octanol–water partition coefficient (Wildman–Crippen LogP) is 3.45. The van der Waals surface area contributed by atoms with Crippen molar-refractivity contribution in [1.82, 2.24) is 4.90 Å². The molecule has 0 radical (unpaired) electrons. The molecule has 1 aromatic carbocycles. The summed E-state index contributed by atoms with van der Waals surface area (Å²) in [6.07, 6.45) is 6.52. The van der Waals surface area contributed by atoms with E-state index in [1.54, 1.807) is 0 Å². The van der Waals surface area contributed by atoms with Crippen LogP contribution in [-0.2, 0) is 9.59 Å². The highest BCUT2D eigenvalue weighted by Crippen LogP contribution is 2.21. The summed E-state index contributed by atoms with van der Waals surface area (Å²) in [5.74, 6) is -2.72. The van der Waals surface area contributed by atoms with Crippen molar-refractivity contribution >= 4 is 23.5 Å². The Hall–Kier alpha value is -1.79. The fourth-order valence-corrected chi connectivity index (χ4v) is 2.64. The van der Waals surface area contributed by atoms with Crippen LogP contribution >= 0.6 is 11.6 Å². The van der Waals surface area contributed by atoms with E-state index in [1.807, 2.05) is 25.1 Å². The molecule has 140 valence electrons. The van der Waals surface area contributed by atoms with Gasteiger partial charge in [-0.05, 0) is 76.0 Å². The van der Waals surface area contributed by atoms with Crippen molar-refractivity contribution in [2.75, 3.05) is 26.2 Å². The van der Waals surface area contributed by atoms with E-state index in [-0.39, 0.29) is 0 Å². The smallest absolute Gasteiger partial charge is 0.414 e. The van der Waals surface area contributed by atoms with Gasteiger partial charge in [0, 0.05) is 5.02 Å². The Morgan fingerprint density at radius 2 is 1.76 bits per heavy atom. The minimum Gasteiger partial charge on any atom is -0.494 e. The lowest BCUT2D eigenvalue weighted by molar-refractivity contribution is -0.159. The van der Waals surface area contributed by atoms with Crippen LogP contribution < -0.4 is 4.74 Å². The summed E-state index contributed by atoms with van der Waals surface area (Å²) >= 11 is 5.99. The van der Waals surface area contributed by atoms with Gasteiger partial charge in [0.2, 0.25) is 0 Å². The number of carbonyl (C=O) groups is 2. The van der Waals surface area contributed by atoms with Crippen molar-refractivity contribution in [3.05, 3.63) is 28.8 Å². The number of hydrogen-bond acceptors (Lipinski definition) is 4. The van der Waals surface area contributed by atoms with Crippen LogP contribution in [0.25, 0.3) is 0 Å². The second-order valence-corrected chi connectivity index (χ2v) is 6.39. The number of ether oxygens (including phenoxy) is 1. The fourth-order valence-electron chi connectivity index (χ4n) is 2.52. The van der Waals surface area contributed by atoms with E-state index in [1.165, 1.54) is 45.3 Å². The third-order valence-corrected chi connectivity index (χ3v) is 4.32. The molecule has 0 amide bonds. The van der Waals surface area contributed by atoms with E-state index in [9.17, 15) is 0 Å². The van der Waals surface area contributed by atoms with Gasteiger partial charge in [-0.1, -0.05) is 18.0 Å². The molecule has 25 heavy (non-hydrogen) atoms. The van der Waals surface area contributed by atoms with Crippen LogP contribution in [0.3, 0.4) is 0 Å². The maximum Gasteiger partial charge on any atom is 0.414 e. The summed E-state index contributed by atoms with van der Waals surface area (Å²) in [4.78, 5) is 20.8. The molecule has 1 heterocycles. The Morgan fingerprint density at radius 3 is 2.32 bits per heavy atom. The van der Waals surface area contributed by atoms with E-state index < -0.39 is 11.9 Å². The molecule has 6 nitrogen and oxygen atoms in total. The molecular weight excluding hydrogens is 346 g/mol. The van der Waals surface area contributed by atoms with Crippen LogP contribution in [0.15, 0.2) is 18.2 Å². The van der Waals surface area contributed by atoms with E-state index >= 15 is 0 Å². The SMILES string of the molecule is Cc1cc(OCCCCN2CCCCC2)ccc1Cl.O=C(O)C(=O)O. The highest BCUT2D eigenvalue weighted by Gasteiger charge is 2.08. The van der Waals surface area contributed by atoms with E-state index in [0.717, 1.165) is 29.4 Å². The lowest BCUT2D eigenvalue weighted by Gasteiger charge is -2.26. The van der Waals surface area contributed by atoms with Crippen LogP contribution in [-0.4, -0.2) is 53.3 Å². The molecule has 0 aromatic heterocycles. The number of aryl methyl sites for hydroxylation is 1. The first-order chi connectivity index (χ1) is 11.9. The number of unbranched alkanes of at least 4 members (excludes halogenated alkanes) is 1. The molecule has 0 bridgehead atoms. The van der Waals surface area contributed by atoms with Gasteiger partial charge >= 0.3 is 11.9 Å². The summed E-state index contributed by atoms with van der Waals surface area (Å²) in [5.41, 5.74) is 1.08. The highest BCUT2D eigenvalue weighted by atomic mass is 35.5. The lowest BCUT2D eigenvalue weighted by atomic mass is 10.1. The Morgan fingerprint density at radius 1 is 1.12 bits per heavy atom. The molecule has 0 spiro atoms. The van der Waals surface area contributed by atoms with Crippen LogP contribution in [0.4, 0.5) is 0 Å². The summed E-state index contributed by atoms with van der Waals surface area (Å²) in [6.45, 7) is 6.61. The monoisotopic (exact) mass is 371 g/mol. The molecule has 1 fully saturated rings. The van der Waals surface area contributed by atoms with Crippen LogP contribution in [0, 0.1) is 6.92 Å². The molecule has 0 saturated carbocycles. The van der Waals surface area contributed by atoms with Crippen molar-refractivity contribution in [3.63, 3.8) is 0 Å². The average molecular weight is 372 g/mol. The number of hydrogen-bond donors (Lipinski definition) is 2. The quantitative estimate of drug-likeness (QED) is 0.588. The molecule has 7 heteroatoms. The topological polar surface area (TPSA) is 87.1 Å². The number of aliphatic carboxylic acids is 2. The normalized spacial score (nSPS) is 14.3.